The van der Waals surface area contributed by atoms with Crippen molar-refractivity contribution >= 4 is 10.9 Å². The second-order valence-corrected chi connectivity index (χ2v) is 3.12. The highest BCUT2D eigenvalue weighted by atomic mass is 16.3. The lowest BCUT2D eigenvalue weighted by molar-refractivity contribution is 0.574. The zero-order valence-corrected chi connectivity index (χ0v) is 7.40. The minimum atomic E-state index is 0.660. The minimum absolute atomic E-state index is 0.660. The smallest absolute Gasteiger partial charge is 0.225 e. The van der Waals surface area contributed by atoms with E-state index < -0.39 is 0 Å². The molecule has 0 spiro atoms. The molecule has 0 aliphatic carbocycles. The molecule has 0 bridgehead atoms. The lowest BCUT2D eigenvalue weighted by Gasteiger charge is -1.95. The van der Waals surface area contributed by atoms with Crippen molar-refractivity contribution < 1.29 is 4.42 Å². The van der Waals surface area contributed by atoms with Crippen LogP contribution in [0.25, 0.3) is 22.4 Å². The summed E-state index contributed by atoms with van der Waals surface area (Å²) in [4.78, 5) is 7.24. The Labute approximate surface area is 80.4 Å². The van der Waals surface area contributed by atoms with Crippen molar-refractivity contribution in [2.24, 2.45) is 0 Å². The zero-order chi connectivity index (χ0) is 9.38. The Morgan fingerprint density at radius 1 is 1.21 bits per heavy atom. The van der Waals surface area contributed by atoms with Crippen LogP contribution in [-0.2, 0) is 0 Å². The summed E-state index contributed by atoms with van der Waals surface area (Å²) in [6, 6.07) is 8.10. The van der Waals surface area contributed by atoms with E-state index in [9.17, 15) is 0 Å². The first-order valence-electron chi connectivity index (χ1n) is 4.40. The van der Waals surface area contributed by atoms with Crippen LogP contribution in [0.5, 0.6) is 0 Å². The van der Waals surface area contributed by atoms with Gasteiger partial charge in [0.15, 0.2) is 0 Å². The zero-order valence-electron chi connectivity index (χ0n) is 7.40. The molecular weight excluding hydrogens is 176 g/mol. The third-order valence-electron chi connectivity index (χ3n) is 2.23. The highest BCUT2D eigenvalue weighted by Gasteiger charge is 2.02. The van der Waals surface area contributed by atoms with Crippen molar-refractivity contribution in [3.8, 4) is 11.5 Å². The number of fused-ring (bicyclic) bond motifs is 1. The molecule has 0 unspecified atom stereocenters. The summed E-state index contributed by atoms with van der Waals surface area (Å²) in [6.45, 7) is 0. The van der Waals surface area contributed by atoms with E-state index in [-0.39, 0.29) is 0 Å². The molecule has 0 saturated carbocycles. The number of nitrogens with one attached hydrogen (secondary N) is 1. The van der Waals surface area contributed by atoms with Crippen molar-refractivity contribution in [3.05, 3.63) is 42.9 Å². The normalized spacial score (nSPS) is 10.9. The molecule has 0 fully saturated rings. The lowest BCUT2D eigenvalue weighted by Crippen LogP contribution is -1.76. The van der Waals surface area contributed by atoms with Gasteiger partial charge in [0.2, 0.25) is 5.89 Å². The van der Waals surface area contributed by atoms with Crippen LogP contribution in [0, 0.1) is 0 Å². The molecule has 3 nitrogen and oxygen atoms in total. The van der Waals surface area contributed by atoms with E-state index in [0.29, 0.717) is 5.89 Å². The van der Waals surface area contributed by atoms with Crippen LogP contribution >= 0.6 is 0 Å². The summed E-state index contributed by atoms with van der Waals surface area (Å²) in [6.07, 6.45) is 5.15. The van der Waals surface area contributed by atoms with E-state index in [1.165, 1.54) is 5.39 Å². The molecule has 3 rings (SSSR count). The number of H-pyrrole nitrogens is 1. The molecule has 0 amide bonds. The van der Waals surface area contributed by atoms with E-state index in [1.54, 1.807) is 12.5 Å². The predicted molar refractivity (Wildman–Crippen MR) is 53.8 cm³/mol. The van der Waals surface area contributed by atoms with Gasteiger partial charge < -0.3 is 9.40 Å². The maximum absolute atomic E-state index is 5.22. The second-order valence-electron chi connectivity index (χ2n) is 3.12. The molecule has 0 atom stereocenters. The fourth-order valence-corrected chi connectivity index (χ4v) is 1.55. The molecule has 0 aliphatic heterocycles. The first-order valence-corrected chi connectivity index (χ1v) is 4.40. The molecule has 68 valence electrons. The summed E-state index contributed by atoms with van der Waals surface area (Å²) >= 11 is 0. The average Bonchev–Trinajstić information content (AvgIpc) is 2.88. The summed E-state index contributed by atoms with van der Waals surface area (Å²) in [7, 11) is 0. The van der Waals surface area contributed by atoms with E-state index in [4.69, 9.17) is 4.42 Å². The van der Waals surface area contributed by atoms with Gasteiger partial charge in [0.1, 0.15) is 6.26 Å². The van der Waals surface area contributed by atoms with Crippen LogP contribution in [0.2, 0.25) is 0 Å². The van der Waals surface area contributed by atoms with E-state index in [0.717, 1.165) is 11.1 Å². The lowest BCUT2D eigenvalue weighted by atomic mass is 10.1. The van der Waals surface area contributed by atoms with E-state index in [1.807, 2.05) is 24.4 Å². The summed E-state index contributed by atoms with van der Waals surface area (Å²) < 4.78 is 5.22. The average molecular weight is 184 g/mol. The summed E-state index contributed by atoms with van der Waals surface area (Å²) in [5.74, 6) is 0.660. The maximum Gasteiger partial charge on any atom is 0.225 e. The fraction of sp³-hybridized carbons (Fsp3) is 0. The molecule has 0 radical (unpaired) electrons. The van der Waals surface area contributed by atoms with Crippen molar-refractivity contribution in [2.45, 2.75) is 0 Å². The molecule has 3 aromatic rings. The van der Waals surface area contributed by atoms with Crippen LogP contribution in [0.15, 0.2) is 47.3 Å². The van der Waals surface area contributed by atoms with Gasteiger partial charge in [-0.3, -0.25) is 0 Å². The molecule has 1 N–H and O–H groups in total. The standard InChI is InChI=1S/C11H8N2O/c1-2-10-8(3-4-12-10)7-9(1)11-13-5-6-14-11/h1-7,12H. The summed E-state index contributed by atoms with van der Waals surface area (Å²) in [5.41, 5.74) is 2.13. The molecule has 3 heteroatoms. The molecule has 0 aliphatic rings. The number of hydrogen-bond donors (Lipinski definition) is 1. The number of oxazole rings is 1. The number of aromatic nitrogens is 2. The van der Waals surface area contributed by atoms with Crippen molar-refractivity contribution in [3.63, 3.8) is 0 Å². The monoisotopic (exact) mass is 184 g/mol. The number of nitrogens with zero attached hydrogens (tertiary/aromatic N) is 1. The van der Waals surface area contributed by atoms with Gasteiger partial charge in [0, 0.05) is 22.7 Å². The van der Waals surface area contributed by atoms with Gasteiger partial charge in [-0.05, 0) is 24.3 Å². The molecular formula is C11H8N2O. The Bertz CT molecular complexity index is 551. The van der Waals surface area contributed by atoms with Crippen LogP contribution in [0.4, 0.5) is 0 Å². The second kappa shape index (κ2) is 2.73. The maximum atomic E-state index is 5.22. The highest BCUT2D eigenvalue weighted by Crippen LogP contribution is 2.22. The fourth-order valence-electron chi connectivity index (χ4n) is 1.55. The van der Waals surface area contributed by atoms with E-state index in [2.05, 4.69) is 16.0 Å². The molecule has 2 aromatic heterocycles. The molecule has 0 saturated heterocycles. The van der Waals surface area contributed by atoms with Gasteiger partial charge in [-0.2, -0.15) is 0 Å². The van der Waals surface area contributed by atoms with Crippen LogP contribution in [-0.4, -0.2) is 9.97 Å². The number of aromatic amines is 1. The van der Waals surface area contributed by atoms with Crippen LogP contribution < -0.4 is 0 Å². The van der Waals surface area contributed by atoms with Gasteiger partial charge in [0.25, 0.3) is 0 Å². The Hall–Kier alpha value is -2.03. The van der Waals surface area contributed by atoms with Gasteiger partial charge in [-0.1, -0.05) is 0 Å². The molecule has 1 aromatic carbocycles. The Morgan fingerprint density at radius 2 is 2.21 bits per heavy atom. The van der Waals surface area contributed by atoms with Crippen LogP contribution in [0.1, 0.15) is 0 Å². The van der Waals surface area contributed by atoms with Crippen molar-refractivity contribution in [1.82, 2.24) is 9.97 Å². The number of benzene rings is 1. The topological polar surface area (TPSA) is 41.8 Å². The Kier molecular flexibility index (Phi) is 1.44. The SMILES string of the molecule is c1coc(-c2ccc3[nH]ccc3c2)n1. The quantitative estimate of drug-likeness (QED) is 0.631. The molecule has 14 heavy (non-hydrogen) atoms. The third kappa shape index (κ3) is 1.03. The number of rotatable bonds is 1. The van der Waals surface area contributed by atoms with Crippen LogP contribution in [0.3, 0.4) is 0 Å². The van der Waals surface area contributed by atoms with Gasteiger partial charge in [-0.15, -0.1) is 0 Å². The van der Waals surface area contributed by atoms with Crippen molar-refractivity contribution in [2.75, 3.05) is 0 Å². The van der Waals surface area contributed by atoms with Crippen molar-refractivity contribution in [1.29, 1.82) is 0 Å². The minimum Gasteiger partial charge on any atom is -0.445 e. The first kappa shape index (κ1) is 7.38. The Morgan fingerprint density at radius 3 is 3.07 bits per heavy atom. The highest BCUT2D eigenvalue weighted by molar-refractivity contribution is 5.83. The largest absolute Gasteiger partial charge is 0.445 e. The predicted octanol–water partition coefficient (Wildman–Crippen LogP) is 2.82. The summed E-state index contributed by atoms with van der Waals surface area (Å²) in [5, 5.41) is 1.17. The van der Waals surface area contributed by atoms with Gasteiger partial charge >= 0.3 is 0 Å². The third-order valence-corrected chi connectivity index (χ3v) is 2.23. The van der Waals surface area contributed by atoms with Gasteiger partial charge in [0.05, 0.1) is 6.20 Å². The Balaban J connectivity index is 2.23. The van der Waals surface area contributed by atoms with Gasteiger partial charge in [-0.25, -0.2) is 4.98 Å². The van der Waals surface area contributed by atoms with E-state index >= 15 is 0 Å². The first-order chi connectivity index (χ1) is 6.93. The molecule has 2 heterocycles. The number of hydrogen-bond acceptors (Lipinski definition) is 2.